The van der Waals surface area contributed by atoms with E-state index in [4.69, 9.17) is 0 Å². The van der Waals surface area contributed by atoms with Gasteiger partial charge >= 0.3 is 0 Å². The quantitative estimate of drug-likeness (QED) is 0.709. The molecule has 0 atom stereocenters. The minimum atomic E-state index is 1.01. The van der Waals surface area contributed by atoms with E-state index in [1.54, 1.807) is 0 Å². The molecule has 0 radical (unpaired) electrons. The fourth-order valence-corrected chi connectivity index (χ4v) is 2.80. The number of fused-ring (bicyclic) bond motifs is 3. The lowest BCUT2D eigenvalue weighted by molar-refractivity contribution is 0.896. The first kappa shape index (κ1) is 10.4. The summed E-state index contributed by atoms with van der Waals surface area (Å²) < 4.78 is 0. The van der Waals surface area contributed by atoms with Crippen molar-refractivity contribution in [3.8, 4) is 11.1 Å². The van der Waals surface area contributed by atoms with Crippen molar-refractivity contribution < 1.29 is 0 Å². The lowest BCUT2D eigenvalue weighted by atomic mass is 9.91. The van der Waals surface area contributed by atoms with Crippen LogP contribution in [0.3, 0.4) is 0 Å². The molecule has 1 aliphatic heterocycles. The smallest absolute Gasteiger partial charge is 0.0478 e. The van der Waals surface area contributed by atoms with E-state index in [0.717, 1.165) is 13.0 Å². The van der Waals surface area contributed by atoms with Gasteiger partial charge in [0.2, 0.25) is 0 Å². The Morgan fingerprint density at radius 3 is 2.59 bits per heavy atom. The maximum atomic E-state index is 2.37. The van der Waals surface area contributed by atoms with Gasteiger partial charge in [0.15, 0.2) is 0 Å². The standard InChI is InChI=1S/C16H17N/c1-3-12-8-6-10-15-14-9-5-4-7-13(14)11-17(2)16(12)15/h4-10H,3,11H2,1-2H3. The highest BCUT2D eigenvalue weighted by Crippen LogP contribution is 2.40. The predicted octanol–water partition coefficient (Wildman–Crippen LogP) is 3.87. The molecular formula is C16H17N. The summed E-state index contributed by atoms with van der Waals surface area (Å²) in [6, 6.07) is 15.4. The number of nitrogens with zero attached hydrogens (tertiary/aromatic N) is 1. The number of rotatable bonds is 1. The zero-order chi connectivity index (χ0) is 11.8. The second kappa shape index (κ2) is 3.92. The van der Waals surface area contributed by atoms with Gasteiger partial charge in [-0.3, -0.25) is 0 Å². The van der Waals surface area contributed by atoms with E-state index in [0.29, 0.717) is 0 Å². The summed E-state index contributed by atoms with van der Waals surface area (Å²) in [5.41, 5.74) is 7.06. The van der Waals surface area contributed by atoms with E-state index < -0.39 is 0 Å². The first-order valence-electron chi connectivity index (χ1n) is 6.22. The Kier molecular flexibility index (Phi) is 2.40. The summed E-state index contributed by atoms with van der Waals surface area (Å²) in [4.78, 5) is 2.37. The van der Waals surface area contributed by atoms with Crippen LogP contribution in [0.5, 0.6) is 0 Å². The topological polar surface area (TPSA) is 3.24 Å². The third-order valence-corrected chi connectivity index (χ3v) is 3.60. The molecule has 17 heavy (non-hydrogen) atoms. The van der Waals surface area contributed by atoms with Crippen molar-refractivity contribution >= 4 is 5.69 Å². The minimum Gasteiger partial charge on any atom is -0.370 e. The van der Waals surface area contributed by atoms with Gasteiger partial charge in [0.25, 0.3) is 0 Å². The average molecular weight is 223 g/mol. The first-order valence-corrected chi connectivity index (χ1v) is 6.22. The van der Waals surface area contributed by atoms with Crippen molar-refractivity contribution in [3.63, 3.8) is 0 Å². The molecule has 0 saturated heterocycles. The maximum Gasteiger partial charge on any atom is 0.0478 e. The third kappa shape index (κ3) is 1.54. The Morgan fingerprint density at radius 1 is 1.00 bits per heavy atom. The fraction of sp³-hybridized carbons (Fsp3) is 0.250. The summed E-state index contributed by atoms with van der Waals surface area (Å²) in [6.45, 7) is 3.24. The van der Waals surface area contributed by atoms with Gasteiger partial charge in [0.05, 0.1) is 0 Å². The van der Waals surface area contributed by atoms with E-state index in [1.165, 1.54) is 27.9 Å². The van der Waals surface area contributed by atoms with E-state index in [-0.39, 0.29) is 0 Å². The molecule has 1 heteroatoms. The maximum absolute atomic E-state index is 2.37. The molecule has 0 saturated carbocycles. The van der Waals surface area contributed by atoms with E-state index >= 15 is 0 Å². The van der Waals surface area contributed by atoms with Gasteiger partial charge in [0.1, 0.15) is 0 Å². The van der Waals surface area contributed by atoms with Crippen LogP contribution in [0, 0.1) is 0 Å². The number of hydrogen-bond acceptors (Lipinski definition) is 1. The highest BCUT2D eigenvalue weighted by molar-refractivity contribution is 5.85. The predicted molar refractivity (Wildman–Crippen MR) is 73.4 cm³/mol. The summed E-state index contributed by atoms with van der Waals surface area (Å²) in [6.07, 6.45) is 1.09. The highest BCUT2D eigenvalue weighted by atomic mass is 15.1. The van der Waals surface area contributed by atoms with Crippen LogP contribution >= 0.6 is 0 Å². The van der Waals surface area contributed by atoms with E-state index in [1.807, 2.05) is 0 Å². The van der Waals surface area contributed by atoms with Crippen LogP contribution in [-0.4, -0.2) is 7.05 Å². The molecule has 2 aromatic rings. The zero-order valence-corrected chi connectivity index (χ0v) is 10.4. The largest absolute Gasteiger partial charge is 0.370 e. The van der Waals surface area contributed by atoms with Crippen LogP contribution in [0.25, 0.3) is 11.1 Å². The van der Waals surface area contributed by atoms with Gasteiger partial charge in [-0.25, -0.2) is 0 Å². The first-order chi connectivity index (χ1) is 8.31. The Labute approximate surface area is 103 Å². The van der Waals surface area contributed by atoms with Crippen LogP contribution in [0.4, 0.5) is 5.69 Å². The molecule has 0 spiro atoms. The summed E-state index contributed by atoms with van der Waals surface area (Å²) >= 11 is 0. The average Bonchev–Trinajstić information content (AvgIpc) is 2.38. The van der Waals surface area contributed by atoms with Gasteiger partial charge < -0.3 is 4.90 Å². The fourth-order valence-electron chi connectivity index (χ4n) is 2.80. The molecule has 0 bridgehead atoms. The van der Waals surface area contributed by atoms with Gasteiger partial charge in [-0.05, 0) is 23.1 Å². The minimum absolute atomic E-state index is 1.01. The van der Waals surface area contributed by atoms with Gasteiger partial charge in [-0.1, -0.05) is 49.4 Å². The monoisotopic (exact) mass is 223 g/mol. The molecule has 0 amide bonds. The molecule has 0 fully saturated rings. The summed E-state index contributed by atoms with van der Waals surface area (Å²) in [7, 11) is 2.19. The molecule has 0 N–H and O–H groups in total. The molecule has 0 aliphatic carbocycles. The van der Waals surface area contributed by atoms with Crippen LogP contribution in [0.15, 0.2) is 42.5 Å². The second-order valence-corrected chi connectivity index (χ2v) is 4.68. The molecule has 1 aliphatic rings. The molecular weight excluding hydrogens is 206 g/mol. The summed E-state index contributed by atoms with van der Waals surface area (Å²) in [5, 5.41) is 0. The number of hydrogen-bond donors (Lipinski definition) is 0. The number of benzene rings is 2. The Bertz CT molecular complexity index is 557. The Hall–Kier alpha value is -1.76. The molecule has 86 valence electrons. The lowest BCUT2D eigenvalue weighted by Crippen LogP contribution is -2.22. The number of anilines is 1. The molecule has 1 nitrogen and oxygen atoms in total. The summed E-state index contributed by atoms with van der Waals surface area (Å²) in [5.74, 6) is 0. The van der Waals surface area contributed by atoms with Gasteiger partial charge in [0, 0.05) is 24.8 Å². The Morgan fingerprint density at radius 2 is 1.76 bits per heavy atom. The van der Waals surface area contributed by atoms with Crippen molar-refractivity contribution in [2.24, 2.45) is 0 Å². The van der Waals surface area contributed by atoms with E-state index in [2.05, 4.69) is 61.3 Å². The lowest BCUT2D eigenvalue weighted by Gasteiger charge is -2.31. The number of para-hydroxylation sites is 1. The van der Waals surface area contributed by atoms with Crippen molar-refractivity contribution in [2.45, 2.75) is 19.9 Å². The van der Waals surface area contributed by atoms with Crippen LogP contribution in [-0.2, 0) is 13.0 Å². The SMILES string of the molecule is CCc1cccc2c1N(C)Cc1ccccc1-2. The number of aryl methyl sites for hydroxylation is 1. The molecule has 0 aromatic heterocycles. The zero-order valence-electron chi connectivity index (χ0n) is 10.4. The molecule has 0 unspecified atom stereocenters. The van der Waals surface area contributed by atoms with Crippen molar-refractivity contribution in [3.05, 3.63) is 53.6 Å². The second-order valence-electron chi connectivity index (χ2n) is 4.68. The van der Waals surface area contributed by atoms with Gasteiger partial charge in [-0.15, -0.1) is 0 Å². The third-order valence-electron chi connectivity index (χ3n) is 3.60. The normalized spacial score (nSPS) is 13.2. The molecule has 2 aromatic carbocycles. The Balaban J connectivity index is 2.29. The van der Waals surface area contributed by atoms with E-state index in [9.17, 15) is 0 Å². The highest BCUT2D eigenvalue weighted by Gasteiger charge is 2.20. The van der Waals surface area contributed by atoms with Crippen molar-refractivity contribution in [2.75, 3.05) is 11.9 Å². The molecule has 1 heterocycles. The van der Waals surface area contributed by atoms with Crippen LogP contribution < -0.4 is 4.90 Å². The van der Waals surface area contributed by atoms with Crippen LogP contribution in [0.1, 0.15) is 18.1 Å². The van der Waals surface area contributed by atoms with Crippen molar-refractivity contribution in [1.82, 2.24) is 0 Å². The van der Waals surface area contributed by atoms with Crippen molar-refractivity contribution in [1.29, 1.82) is 0 Å². The van der Waals surface area contributed by atoms with Gasteiger partial charge in [-0.2, -0.15) is 0 Å². The molecule has 3 rings (SSSR count). The van der Waals surface area contributed by atoms with Crippen LogP contribution in [0.2, 0.25) is 0 Å².